The normalized spacial score (nSPS) is 17.5. The second-order valence-corrected chi connectivity index (χ2v) is 11.1. The van der Waals surface area contributed by atoms with Gasteiger partial charge in [-0.2, -0.15) is 17.5 Å². The number of carbonyl (C=O) groups is 2. The highest BCUT2D eigenvalue weighted by Gasteiger charge is 2.38. The van der Waals surface area contributed by atoms with Crippen molar-refractivity contribution in [1.29, 1.82) is 0 Å². The molecule has 1 aliphatic heterocycles. The summed E-state index contributed by atoms with van der Waals surface area (Å²) in [6, 6.07) is 5.50. The lowest BCUT2D eigenvalue weighted by Crippen LogP contribution is -2.30. The second kappa shape index (κ2) is 10.9. The highest BCUT2D eigenvalue weighted by atomic mass is 35.5. The number of amides is 2. The lowest BCUT2D eigenvalue weighted by Gasteiger charge is -2.26. The van der Waals surface area contributed by atoms with Gasteiger partial charge >= 0.3 is 6.18 Å². The van der Waals surface area contributed by atoms with E-state index in [0.717, 1.165) is 6.92 Å². The molecule has 0 bridgehead atoms. The Bertz CT molecular complexity index is 1330. The first kappa shape index (κ1) is 28.8. The predicted octanol–water partition coefficient (Wildman–Crippen LogP) is 5.51. The largest absolute Gasteiger partial charge is 0.418 e. The minimum Gasteiger partial charge on any atom is -0.356 e. The Balaban J connectivity index is 2.04. The van der Waals surface area contributed by atoms with Crippen LogP contribution < -0.4 is 10.2 Å². The van der Waals surface area contributed by atoms with Gasteiger partial charge < -0.3 is 10.2 Å². The summed E-state index contributed by atoms with van der Waals surface area (Å²) in [6.45, 7) is 0.993. The number of anilines is 2. The summed E-state index contributed by atoms with van der Waals surface area (Å²) in [5.41, 5.74) is -1.89. The standard InChI is InChI=1S/C23H24ClF5N4O3S/c1-14-17(23(27,28)29)13-30-20(33-9-4-7-22(25,26)8-10-33)19(14)21(35)31-15-5-3-6-16(11-15)37(2,36)32-18(34)12-24/h3,5-6,11,13H,4,7-10,12H2,1-2H3,(H,31,35). The fourth-order valence-electron chi connectivity index (χ4n) is 3.94. The number of hydrogen-bond acceptors (Lipinski definition) is 5. The number of aromatic nitrogens is 1. The zero-order valence-corrected chi connectivity index (χ0v) is 21.4. The van der Waals surface area contributed by atoms with Crippen molar-refractivity contribution < 1.29 is 35.8 Å². The molecule has 7 nitrogen and oxygen atoms in total. The third-order valence-electron chi connectivity index (χ3n) is 5.79. The molecule has 0 radical (unpaired) electrons. The molecule has 1 fully saturated rings. The van der Waals surface area contributed by atoms with Crippen LogP contribution in [0.2, 0.25) is 0 Å². The average Bonchev–Trinajstić information content (AvgIpc) is 2.98. The SMILES string of the molecule is Cc1c(C(F)(F)F)cnc(N2CCCC(F)(F)CC2)c1C(=O)Nc1cccc(S(C)(=O)=NC(=O)CCl)c1. The van der Waals surface area contributed by atoms with Crippen LogP contribution in [0.5, 0.6) is 0 Å². The second-order valence-electron chi connectivity index (χ2n) is 8.59. The molecule has 1 N–H and O–H groups in total. The quantitative estimate of drug-likeness (QED) is 0.381. The first-order valence-corrected chi connectivity index (χ1v) is 13.5. The Morgan fingerprint density at radius 1 is 1.24 bits per heavy atom. The predicted molar refractivity (Wildman–Crippen MR) is 130 cm³/mol. The third-order valence-corrected chi connectivity index (χ3v) is 7.70. The molecule has 1 atom stereocenters. The molecule has 2 aromatic rings. The van der Waals surface area contributed by atoms with Crippen LogP contribution in [0.1, 0.15) is 40.7 Å². The van der Waals surface area contributed by atoms with Crippen LogP contribution in [0.25, 0.3) is 0 Å². The molecule has 1 saturated heterocycles. The highest BCUT2D eigenvalue weighted by Crippen LogP contribution is 2.37. The van der Waals surface area contributed by atoms with E-state index in [-0.39, 0.29) is 42.3 Å². The highest BCUT2D eigenvalue weighted by molar-refractivity contribution is 7.93. The Hall–Kier alpha value is -2.80. The van der Waals surface area contributed by atoms with Crippen molar-refractivity contribution in [3.63, 3.8) is 0 Å². The van der Waals surface area contributed by atoms with Gasteiger partial charge in [0.05, 0.1) is 20.9 Å². The van der Waals surface area contributed by atoms with Crippen LogP contribution in [0.3, 0.4) is 0 Å². The van der Waals surface area contributed by atoms with Gasteiger partial charge in [-0.15, -0.1) is 11.6 Å². The van der Waals surface area contributed by atoms with Crippen molar-refractivity contribution in [3.8, 4) is 0 Å². The summed E-state index contributed by atoms with van der Waals surface area (Å²) in [4.78, 5) is 30.2. The van der Waals surface area contributed by atoms with E-state index < -0.39 is 62.6 Å². The van der Waals surface area contributed by atoms with Crippen LogP contribution in [0.15, 0.2) is 39.7 Å². The molecule has 2 heterocycles. The molecule has 1 aromatic heterocycles. The lowest BCUT2D eigenvalue weighted by atomic mass is 10.0. The van der Waals surface area contributed by atoms with Gasteiger partial charge in [0.1, 0.15) is 11.7 Å². The zero-order chi connectivity index (χ0) is 27.6. The number of hydrogen-bond donors (Lipinski definition) is 1. The number of nitrogens with zero attached hydrogens (tertiary/aromatic N) is 3. The molecule has 3 rings (SSSR count). The fraction of sp³-hybridized carbons (Fsp3) is 0.435. The number of benzene rings is 1. The molecule has 37 heavy (non-hydrogen) atoms. The van der Waals surface area contributed by atoms with E-state index in [1.165, 1.54) is 35.4 Å². The van der Waals surface area contributed by atoms with Gasteiger partial charge in [0.25, 0.3) is 11.8 Å². The zero-order valence-electron chi connectivity index (χ0n) is 19.9. The van der Waals surface area contributed by atoms with Gasteiger partial charge in [0, 0.05) is 49.0 Å². The van der Waals surface area contributed by atoms with Gasteiger partial charge in [-0.3, -0.25) is 9.59 Å². The van der Waals surface area contributed by atoms with Crippen LogP contribution in [0, 0.1) is 6.92 Å². The molecular formula is C23H24ClF5N4O3S. The Labute approximate surface area is 215 Å². The van der Waals surface area contributed by atoms with Crippen molar-refractivity contribution in [1.82, 2.24) is 4.98 Å². The summed E-state index contributed by atoms with van der Waals surface area (Å²) in [5.74, 6) is -5.31. The molecule has 1 unspecified atom stereocenters. The molecule has 202 valence electrons. The number of alkyl halides is 6. The lowest BCUT2D eigenvalue weighted by molar-refractivity contribution is -0.138. The third kappa shape index (κ3) is 6.95. The topological polar surface area (TPSA) is 91.7 Å². The molecular weight excluding hydrogens is 543 g/mol. The van der Waals surface area contributed by atoms with E-state index in [2.05, 4.69) is 14.7 Å². The van der Waals surface area contributed by atoms with E-state index in [1.54, 1.807) is 0 Å². The monoisotopic (exact) mass is 566 g/mol. The van der Waals surface area contributed by atoms with Crippen LogP contribution in [-0.2, 0) is 20.7 Å². The summed E-state index contributed by atoms with van der Waals surface area (Å²) in [5, 5.41) is 2.47. The average molecular weight is 567 g/mol. The molecule has 1 aliphatic rings. The van der Waals surface area contributed by atoms with Gasteiger partial charge in [-0.25, -0.2) is 18.0 Å². The minimum atomic E-state index is -4.80. The van der Waals surface area contributed by atoms with Crippen molar-refractivity contribution in [3.05, 3.63) is 47.2 Å². The number of nitrogens with one attached hydrogen (secondary N) is 1. The molecule has 0 saturated carbocycles. The van der Waals surface area contributed by atoms with Crippen molar-refractivity contribution in [2.24, 2.45) is 4.36 Å². The van der Waals surface area contributed by atoms with E-state index in [1.807, 2.05) is 0 Å². The van der Waals surface area contributed by atoms with E-state index in [0.29, 0.717) is 6.20 Å². The molecule has 2 amide bonds. The van der Waals surface area contributed by atoms with E-state index in [4.69, 9.17) is 11.6 Å². The van der Waals surface area contributed by atoms with Gasteiger partial charge in [-0.1, -0.05) is 6.07 Å². The van der Waals surface area contributed by atoms with Gasteiger partial charge in [0.2, 0.25) is 5.92 Å². The summed E-state index contributed by atoms with van der Waals surface area (Å²) < 4.78 is 85.1. The maximum atomic E-state index is 13.9. The van der Waals surface area contributed by atoms with Crippen LogP contribution in [0.4, 0.5) is 33.5 Å². The fourth-order valence-corrected chi connectivity index (χ4v) is 5.30. The summed E-state index contributed by atoms with van der Waals surface area (Å²) in [6.07, 6.45) is -3.87. The molecule has 0 spiro atoms. The first-order chi connectivity index (χ1) is 17.1. The maximum Gasteiger partial charge on any atom is 0.418 e. The Morgan fingerprint density at radius 2 is 1.95 bits per heavy atom. The van der Waals surface area contributed by atoms with E-state index in [9.17, 15) is 35.8 Å². The van der Waals surface area contributed by atoms with Crippen molar-refractivity contribution in [2.75, 3.05) is 35.4 Å². The number of carbonyl (C=O) groups excluding carboxylic acids is 2. The summed E-state index contributed by atoms with van der Waals surface area (Å²) >= 11 is 5.42. The Kier molecular flexibility index (Phi) is 8.47. The summed E-state index contributed by atoms with van der Waals surface area (Å²) in [7, 11) is -3.22. The van der Waals surface area contributed by atoms with Gasteiger partial charge in [-0.05, 0) is 37.1 Å². The Morgan fingerprint density at radius 3 is 2.59 bits per heavy atom. The van der Waals surface area contributed by atoms with Crippen LogP contribution in [-0.4, -0.2) is 52.2 Å². The van der Waals surface area contributed by atoms with Crippen molar-refractivity contribution in [2.45, 2.75) is 43.2 Å². The molecule has 1 aromatic carbocycles. The number of halogens is 6. The number of pyridine rings is 1. The molecule has 0 aliphatic carbocycles. The van der Waals surface area contributed by atoms with Crippen LogP contribution >= 0.6 is 11.6 Å². The van der Waals surface area contributed by atoms with Gasteiger partial charge in [0.15, 0.2) is 0 Å². The minimum absolute atomic E-state index is 0.0627. The van der Waals surface area contributed by atoms with E-state index >= 15 is 0 Å². The first-order valence-electron chi connectivity index (χ1n) is 11.1. The smallest absolute Gasteiger partial charge is 0.356 e. The maximum absolute atomic E-state index is 13.9. The van der Waals surface area contributed by atoms with Crippen molar-refractivity contribution >= 4 is 44.6 Å². The molecule has 14 heteroatoms. The number of rotatable bonds is 5.